The van der Waals surface area contributed by atoms with Gasteiger partial charge in [0, 0.05) is 29.2 Å². The van der Waals surface area contributed by atoms with E-state index in [9.17, 15) is 65.4 Å². The fourth-order valence-electron chi connectivity index (χ4n) is 14.4. The SMILES string of the molecule is C[NH2+]C(CC(C)C)C(=O)NC1C(=O)NC(CC(N)=O)C(=O)NC2C(=O)NC3C(=O)NC(C(=O)NC(C(=O)O)c4cc(O)cc(O)c4-c4cc3ccc4O)C(OC3CC(C)([NH3+])C(O)C(C)O3)c3ccc(c(Cl)c3)Oc3cc2cc(c3OC2OC(CO)C(O)C(O)C2OC2CC(C)([NH3+])C(O)C(C)O2)Oc2ccc(cc2Cl)C1O. The minimum atomic E-state index is -2.36. The molecule has 0 aliphatic carbocycles. The number of carboxylic acids is 1. The number of aromatic hydroxyl groups is 3. The molecule has 11 bridgehead atoms. The predicted octanol–water partition coefficient (Wildman–Crippen LogP) is -2.12. The summed E-state index contributed by atoms with van der Waals surface area (Å²) in [5, 5.41) is 131. The van der Waals surface area contributed by atoms with Crippen LogP contribution in [0.15, 0.2) is 78.9 Å². The van der Waals surface area contributed by atoms with E-state index in [2.05, 4.69) is 43.4 Å². The molecule has 8 aliphatic heterocycles. The molecule has 0 radical (unpaired) electrons. The summed E-state index contributed by atoms with van der Waals surface area (Å²) in [4.78, 5) is 120. The molecule has 7 amide bonds. The van der Waals surface area contributed by atoms with Crippen LogP contribution in [-0.2, 0) is 62.0 Å². The first-order valence-electron chi connectivity index (χ1n) is 35.6. The largest absolute Gasteiger partial charge is 0.508 e. The van der Waals surface area contributed by atoms with Crippen molar-refractivity contribution in [2.24, 2.45) is 11.7 Å². The van der Waals surface area contributed by atoms with Crippen LogP contribution in [0.4, 0.5) is 0 Å². The first kappa shape index (κ1) is 82.6. The summed E-state index contributed by atoms with van der Waals surface area (Å²) >= 11 is 14.5. The average molecular weight is 1600 g/mol. The lowest BCUT2D eigenvalue weighted by atomic mass is 9.86. The van der Waals surface area contributed by atoms with Crippen LogP contribution in [0.1, 0.15) is 125 Å². The molecule has 5 aromatic carbocycles. The molecule has 5 aromatic rings. The highest BCUT2D eigenvalue weighted by atomic mass is 35.5. The van der Waals surface area contributed by atoms with Crippen molar-refractivity contribution in [3.05, 3.63) is 117 Å². The molecule has 22 unspecified atom stereocenters. The van der Waals surface area contributed by atoms with Crippen LogP contribution in [0, 0.1) is 5.92 Å². The highest BCUT2D eigenvalue weighted by Gasteiger charge is 2.53. The quantitative estimate of drug-likeness (QED) is 0.0533. The topological polar surface area (TPSA) is 583 Å². The Labute approximate surface area is 643 Å². The zero-order valence-corrected chi connectivity index (χ0v) is 62.5. The number of phenols is 3. The minimum Gasteiger partial charge on any atom is -0.508 e. The molecular formula is C73H91Cl2N10O26+3. The monoisotopic (exact) mass is 1590 g/mol. The molecule has 22 atom stereocenters. The fraction of sp³-hybridized carbons (Fsp3) is 0.479. The third-order valence-corrected chi connectivity index (χ3v) is 21.0. The molecule has 38 heteroatoms. The van der Waals surface area contributed by atoms with Crippen LogP contribution < -0.4 is 68.6 Å². The number of carbonyl (C=O) groups excluding carboxylic acids is 7. The molecule has 26 N–H and O–H groups in total. The van der Waals surface area contributed by atoms with Crippen molar-refractivity contribution >= 4 is 70.5 Å². The van der Waals surface area contributed by atoms with Crippen molar-refractivity contribution in [3.63, 3.8) is 0 Å². The Bertz CT molecular complexity index is 4420. The third-order valence-electron chi connectivity index (χ3n) is 20.4. The molecule has 0 spiro atoms. The highest BCUT2D eigenvalue weighted by Crippen LogP contribution is 2.50. The number of benzene rings is 5. The molecule has 8 aliphatic rings. The van der Waals surface area contributed by atoms with Crippen molar-refractivity contribution in [1.82, 2.24) is 31.9 Å². The number of rotatable bonds is 15. The van der Waals surface area contributed by atoms with Gasteiger partial charge in [0.2, 0.25) is 47.5 Å². The van der Waals surface area contributed by atoms with E-state index >= 15 is 24.0 Å². The number of amides is 7. The number of aliphatic carboxylic acids is 1. The van der Waals surface area contributed by atoms with Crippen molar-refractivity contribution in [3.8, 4) is 57.1 Å². The minimum absolute atomic E-state index is 0.0753. The molecule has 0 saturated carbocycles. The van der Waals surface area contributed by atoms with Gasteiger partial charge < -0.3 is 143 Å². The molecule has 600 valence electrons. The molecule has 8 heterocycles. The Morgan fingerprint density at radius 2 is 1.24 bits per heavy atom. The number of hydrogen-bond acceptors (Lipinski definition) is 25. The van der Waals surface area contributed by atoms with Gasteiger partial charge in [-0.2, -0.15) is 0 Å². The van der Waals surface area contributed by atoms with Crippen molar-refractivity contribution in [2.45, 2.75) is 201 Å². The fourth-order valence-corrected chi connectivity index (χ4v) is 14.9. The summed E-state index contributed by atoms with van der Waals surface area (Å²) in [6.45, 7) is 8.95. The maximum absolute atomic E-state index is 16.4. The van der Waals surface area contributed by atoms with Gasteiger partial charge in [-0.05, 0) is 110 Å². The summed E-state index contributed by atoms with van der Waals surface area (Å²) in [6.07, 6.45) is -21.8. The maximum atomic E-state index is 16.4. The van der Waals surface area contributed by atoms with Crippen LogP contribution in [0.25, 0.3) is 11.1 Å². The lowest BCUT2D eigenvalue weighted by Crippen LogP contribution is -2.89. The number of primary amides is 1. The Kier molecular flexibility index (Phi) is 24.7. The van der Waals surface area contributed by atoms with Gasteiger partial charge in [-0.3, -0.25) is 33.6 Å². The molecule has 3 fully saturated rings. The van der Waals surface area contributed by atoms with E-state index in [1.807, 2.05) is 13.8 Å². The highest BCUT2D eigenvalue weighted by molar-refractivity contribution is 6.32. The Balaban J connectivity index is 1.19. The number of quaternary nitrogens is 3. The molecular weight excluding hydrogens is 1500 g/mol. The van der Waals surface area contributed by atoms with Crippen molar-refractivity contribution in [1.29, 1.82) is 0 Å². The first-order valence-corrected chi connectivity index (χ1v) is 36.3. The van der Waals surface area contributed by atoms with E-state index in [1.54, 1.807) is 26.2 Å². The number of aliphatic hydroxyl groups is 6. The Hall–Kier alpha value is -9.32. The van der Waals surface area contributed by atoms with Crippen LogP contribution in [0.3, 0.4) is 0 Å². The predicted molar refractivity (Wildman–Crippen MR) is 382 cm³/mol. The van der Waals surface area contributed by atoms with Gasteiger partial charge in [-0.25, -0.2) is 4.79 Å². The number of phenolic OH excluding ortho intramolecular Hbond substituents is 3. The maximum Gasteiger partial charge on any atom is 0.330 e. The summed E-state index contributed by atoms with van der Waals surface area (Å²) in [6, 6.07) is -0.0111. The second-order valence-electron chi connectivity index (χ2n) is 29.6. The Morgan fingerprint density at radius 3 is 1.81 bits per heavy atom. The zero-order valence-electron chi connectivity index (χ0n) is 61.0. The van der Waals surface area contributed by atoms with E-state index in [4.69, 9.17) is 66.8 Å². The lowest BCUT2D eigenvalue weighted by molar-refractivity contribution is -0.651. The Morgan fingerprint density at radius 1 is 0.676 bits per heavy atom. The number of nitrogens with one attached hydrogen (secondary N) is 6. The second kappa shape index (κ2) is 33.2. The zero-order chi connectivity index (χ0) is 80.9. The van der Waals surface area contributed by atoms with Crippen LogP contribution in [-0.4, -0.2) is 215 Å². The van der Waals surface area contributed by atoms with Crippen LogP contribution >= 0.6 is 23.2 Å². The normalized spacial score (nSPS) is 32.1. The van der Waals surface area contributed by atoms with Gasteiger partial charge in [-0.15, -0.1) is 0 Å². The van der Waals surface area contributed by atoms with Gasteiger partial charge in [-0.1, -0.05) is 55.2 Å². The van der Waals surface area contributed by atoms with Gasteiger partial charge in [0.1, 0.15) is 113 Å². The number of ether oxygens (including phenoxy) is 8. The van der Waals surface area contributed by atoms with Gasteiger partial charge >= 0.3 is 5.97 Å². The number of carboxylic acid groups (broad SMARTS) is 1. The number of halogens is 2. The molecule has 3 saturated heterocycles. The van der Waals surface area contributed by atoms with Gasteiger partial charge in [0.05, 0.1) is 55.2 Å². The number of carbonyl (C=O) groups is 8. The third kappa shape index (κ3) is 17.7. The average Bonchev–Trinajstić information content (AvgIpc) is 0.763. The van der Waals surface area contributed by atoms with Crippen LogP contribution in [0.5, 0.6) is 46.0 Å². The van der Waals surface area contributed by atoms with E-state index in [0.717, 1.165) is 48.5 Å². The molecule has 111 heavy (non-hydrogen) atoms. The number of nitrogens with two attached hydrogens (primary N) is 2. The van der Waals surface area contributed by atoms with E-state index in [0.29, 0.717) is 0 Å². The van der Waals surface area contributed by atoms with Crippen molar-refractivity contribution < 1.29 is 144 Å². The first-order chi connectivity index (χ1) is 52.3. The van der Waals surface area contributed by atoms with E-state index in [1.165, 1.54) is 44.2 Å². The van der Waals surface area contributed by atoms with Crippen LogP contribution in [0.2, 0.25) is 10.0 Å². The van der Waals surface area contributed by atoms with E-state index in [-0.39, 0.29) is 58.4 Å². The van der Waals surface area contributed by atoms with Gasteiger partial charge in [0.15, 0.2) is 42.3 Å². The smallest absolute Gasteiger partial charge is 0.330 e. The number of aliphatic hydroxyl groups excluding tert-OH is 6. The second-order valence-corrected chi connectivity index (χ2v) is 30.5. The summed E-state index contributed by atoms with van der Waals surface area (Å²) < 4.78 is 51.9. The summed E-state index contributed by atoms with van der Waals surface area (Å²) in [5.41, 5.74) is 9.05. The van der Waals surface area contributed by atoms with E-state index < -0.39 is 255 Å². The lowest BCUT2D eigenvalue weighted by Gasteiger charge is -2.45. The molecule has 36 nitrogen and oxygen atoms in total. The molecule has 13 rings (SSSR count). The number of hydrogen-bond donors (Lipinski definition) is 20. The molecule has 0 aromatic heterocycles. The standard InChI is InChI=1S/C73H88Cl2N10O26/c1-26(2)14-38(79-7)64(96)84-54-56(91)30-9-12-42(36(74)16-30)106-44-18-32-19-45(60(44)111-71-61(58(93)57(92)46(25-86)108-71)110-49-24-73(6,78)63(95)28(4)105-49)107-43-13-10-31(17-37(43)75)59(109-48-23-72(5,77)62(94)27(3)104-48)55-69(101)83-53(70(102)103)35-20-33(87)21-41(89)50(35)34-15-29(8-11-40(34)88)51(66(98)85-55)82-67(99)52(32)81-65(97)39(22-47(76)90)80-68(54)100/h8-13,15-21,26-28,38-39,46,48-49,51-59,61-63,71,79,86-89,91-95H,14,22-25,77-78H2,1-7H3,(H2,76,90)(H,80,100)(H,81,97)(H,82,99)(H,83,101)(H,84,96)(H,85,98)(H,102,103)/p+3. The summed E-state index contributed by atoms with van der Waals surface area (Å²) in [7, 11) is 1.60. The summed E-state index contributed by atoms with van der Waals surface area (Å²) in [5.74, 6) is -15.8. The number of likely N-dealkylation sites (N-methyl/N-ethyl adjacent to an activating group) is 1. The van der Waals surface area contributed by atoms with Crippen molar-refractivity contribution in [2.75, 3.05) is 13.7 Å². The number of fused-ring (bicyclic) bond motifs is 15. The van der Waals surface area contributed by atoms with Gasteiger partial charge in [0.25, 0.3) is 5.91 Å².